The number of aliphatic hydroxyl groups excluding tert-OH is 2. The first-order valence-electron chi connectivity index (χ1n) is 7.96. The fourth-order valence-corrected chi connectivity index (χ4v) is 3.15. The number of carbonyl (C=O) groups is 1. The van der Waals surface area contributed by atoms with Crippen molar-refractivity contribution in [1.29, 1.82) is 0 Å². The van der Waals surface area contributed by atoms with Crippen LogP contribution in [0.2, 0.25) is 0 Å². The molecule has 23 heavy (non-hydrogen) atoms. The second kappa shape index (κ2) is 8.38. The third kappa shape index (κ3) is 4.99. The zero-order valence-corrected chi connectivity index (χ0v) is 13.5. The standard InChI is InChI=1S/C17H25FN2O3/c1-19(5-6-21)9-14-10-20(11-15(14)12-22)17(23)8-13-3-2-4-16(18)7-13/h2-4,7,14-15,21-22H,5-6,8-12H2,1H3/t14-,15-/m1/s1. The molecule has 1 aliphatic heterocycles. The fraction of sp³-hybridized carbons (Fsp3) is 0.588. The van der Waals surface area contributed by atoms with Gasteiger partial charge in [0.15, 0.2) is 0 Å². The minimum Gasteiger partial charge on any atom is -0.396 e. The number of nitrogens with zero attached hydrogens (tertiary/aromatic N) is 2. The number of amides is 1. The van der Waals surface area contributed by atoms with Crippen LogP contribution in [0.1, 0.15) is 5.56 Å². The first-order chi connectivity index (χ1) is 11.0. The predicted octanol–water partition coefficient (Wildman–Crippen LogP) is 0.359. The van der Waals surface area contributed by atoms with Gasteiger partial charge in [0.05, 0.1) is 13.0 Å². The Hall–Kier alpha value is -1.50. The maximum atomic E-state index is 13.2. The van der Waals surface area contributed by atoms with Crippen molar-refractivity contribution in [3.05, 3.63) is 35.6 Å². The van der Waals surface area contributed by atoms with Crippen molar-refractivity contribution in [2.45, 2.75) is 6.42 Å². The van der Waals surface area contributed by atoms with Gasteiger partial charge in [-0.3, -0.25) is 4.79 Å². The summed E-state index contributed by atoms with van der Waals surface area (Å²) in [6.07, 6.45) is 0.176. The van der Waals surface area contributed by atoms with E-state index in [4.69, 9.17) is 5.11 Å². The van der Waals surface area contributed by atoms with E-state index >= 15 is 0 Å². The molecule has 1 fully saturated rings. The minimum absolute atomic E-state index is 0.0404. The van der Waals surface area contributed by atoms with Gasteiger partial charge in [0.2, 0.25) is 5.91 Å². The molecule has 0 aromatic heterocycles. The second-order valence-corrected chi connectivity index (χ2v) is 6.29. The van der Waals surface area contributed by atoms with Crippen LogP contribution < -0.4 is 0 Å². The number of hydrogen-bond acceptors (Lipinski definition) is 4. The number of carbonyl (C=O) groups excluding carboxylic acids is 1. The van der Waals surface area contributed by atoms with Crippen molar-refractivity contribution in [1.82, 2.24) is 9.80 Å². The van der Waals surface area contributed by atoms with Crippen molar-refractivity contribution in [3.63, 3.8) is 0 Å². The van der Waals surface area contributed by atoms with Gasteiger partial charge in [0, 0.05) is 38.7 Å². The maximum Gasteiger partial charge on any atom is 0.227 e. The SMILES string of the molecule is CN(CCO)C[C@@H]1CN(C(=O)Cc2cccc(F)c2)C[C@@H]1CO. The highest BCUT2D eigenvalue weighted by molar-refractivity contribution is 5.79. The Kier molecular flexibility index (Phi) is 6.50. The Morgan fingerprint density at radius 2 is 2.09 bits per heavy atom. The van der Waals surface area contributed by atoms with Gasteiger partial charge in [0.25, 0.3) is 0 Å². The quantitative estimate of drug-likeness (QED) is 0.760. The average Bonchev–Trinajstić information content (AvgIpc) is 2.90. The monoisotopic (exact) mass is 324 g/mol. The molecule has 1 aliphatic rings. The van der Waals surface area contributed by atoms with Crippen molar-refractivity contribution >= 4 is 5.91 Å². The molecule has 1 aromatic carbocycles. The van der Waals surface area contributed by atoms with E-state index in [0.29, 0.717) is 25.2 Å². The molecular formula is C17H25FN2O3. The van der Waals surface area contributed by atoms with Gasteiger partial charge >= 0.3 is 0 Å². The summed E-state index contributed by atoms with van der Waals surface area (Å²) in [7, 11) is 1.92. The molecule has 128 valence electrons. The Labute approximate surface area is 136 Å². The Morgan fingerprint density at radius 3 is 2.74 bits per heavy atom. The fourth-order valence-electron chi connectivity index (χ4n) is 3.15. The molecule has 1 saturated heterocycles. The van der Waals surface area contributed by atoms with Gasteiger partial charge in [-0.2, -0.15) is 0 Å². The summed E-state index contributed by atoms with van der Waals surface area (Å²) in [5, 5.41) is 18.5. The highest BCUT2D eigenvalue weighted by Gasteiger charge is 2.35. The summed E-state index contributed by atoms with van der Waals surface area (Å²) in [5.41, 5.74) is 0.663. The lowest BCUT2D eigenvalue weighted by Crippen LogP contribution is -2.34. The molecule has 2 N–H and O–H groups in total. The molecule has 0 radical (unpaired) electrons. The number of likely N-dealkylation sites (tertiary alicyclic amines) is 1. The van der Waals surface area contributed by atoms with Crippen LogP contribution in [-0.2, 0) is 11.2 Å². The van der Waals surface area contributed by atoms with E-state index in [-0.39, 0.29) is 43.2 Å². The number of rotatable bonds is 7. The van der Waals surface area contributed by atoms with Gasteiger partial charge in [-0.1, -0.05) is 12.1 Å². The summed E-state index contributed by atoms with van der Waals surface area (Å²) in [4.78, 5) is 16.2. The lowest BCUT2D eigenvalue weighted by molar-refractivity contribution is -0.129. The molecule has 0 bridgehead atoms. The molecule has 2 rings (SSSR count). The van der Waals surface area contributed by atoms with Crippen molar-refractivity contribution in [3.8, 4) is 0 Å². The highest BCUT2D eigenvalue weighted by Crippen LogP contribution is 2.24. The average molecular weight is 324 g/mol. The van der Waals surface area contributed by atoms with Crippen molar-refractivity contribution < 1.29 is 19.4 Å². The molecule has 1 amide bonds. The van der Waals surface area contributed by atoms with Crippen LogP contribution in [0.4, 0.5) is 4.39 Å². The molecule has 6 heteroatoms. The molecular weight excluding hydrogens is 299 g/mol. The molecule has 0 spiro atoms. The summed E-state index contributed by atoms with van der Waals surface area (Å²) < 4.78 is 13.2. The van der Waals surface area contributed by atoms with E-state index in [1.165, 1.54) is 12.1 Å². The first-order valence-corrected chi connectivity index (χ1v) is 7.96. The van der Waals surface area contributed by atoms with Crippen LogP contribution >= 0.6 is 0 Å². The molecule has 0 unspecified atom stereocenters. The van der Waals surface area contributed by atoms with Gasteiger partial charge in [-0.15, -0.1) is 0 Å². The van der Waals surface area contributed by atoms with E-state index < -0.39 is 0 Å². The summed E-state index contributed by atoms with van der Waals surface area (Å²) in [6, 6.07) is 6.08. The van der Waals surface area contributed by atoms with E-state index in [1.807, 2.05) is 11.9 Å². The maximum absolute atomic E-state index is 13.2. The van der Waals surface area contributed by atoms with Crippen LogP contribution in [0.15, 0.2) is 24.3 Å². The topological polar surface area (TPSA) is 64.0 Å². The summed E-state index contributed by atoms with van der Waals surface area (Å²) >= 11 is 0. The van der Waals surface area contributed by atoms with Gasteiger partial charge < -0.3 is 20.0 Å². The Balaban J connectivity index is 1.94. The van der Waals surface area contributed by atoms with Crippen molar-refractivity contribution in [2.75, 3.05) is 46.4 Å². The number of likely N-dealkylation sites (N-methyl/N-ethyl adjacent to an activating group) is 1. The van der Waals surface area contributed by atoms with Crippen molar-refractivity contribution in [2.24, 2.45) is 11.8 Å². The summed E-state index contributed by atoms with van der Waals surface area (Å²) in [5.74, 6) is -0.143. The van der Waals surface area contributed by atoms with Crippen LogP contribution in [0.5, 0.6) is 0 Å². The van der Waals surface area contributed by atoms with E-state index in [0.717, 1.165) is 6.54 Å². The normalized spacial score (nSPS) is 21.2. The molecule has 1 heterocycles. The largest absolute Gasteiger partial charge is 0.396 e. The highest BCUT2D eigenvalue weighted by atomic mass is 19.1. The third-order valence-corrected chi connectivity index (χ3v) is 4.44. The third-order valence-electron chi connectivity index (χ3n) is 4.44. The number of halogens is 1. The van der Waals surface area contributed by atoms with Crippen LogP contribution in [-0.4, -0.2) is 72.4 Å². The first kappa shape index (κ1) is 17.8. The van der Waals surface area contributed by atoms with Gasteiger partial charge in [-0.25, -0.2) is 4.39 Å². The zero-order chi connectivity index (χ0) is 16.8. The Bertz CT molecular complexity index is 526. The summed E-state index contributed by atoms with van der Waals surface area (Å²) in [6.45, 7) is 2.56. The van der Waals surface area contributed by atoms with E-state index in [2.05, 4.69) is 0 Å². The molecule has 0 saturated carbocycles. The second-order valence-electron chi connectivity index (χ2n) is 6.29. The predicted molar refractivity (Wildman–Crippen MR) is 85.3 cm³/mol. The van der Waals surface area contributed by atoms with Crippen LogP contribution in [0, 0.1) is 17.7 Å². The molecule has 0 aliphatic carbocycles. The lowest BCUT2D eigenvalue weighted by atomic mass is 9.96. The Morgan fingerprint density at radius 1 is 1.35 bits per heavy atom. The molecule has 1 aromatic rings. The van der Waals surface area contributed by atoms with Crippen LogP contribution in [0.25, 0.3) is 0 Å². The van der Waals surface area contributed by atoms with E-state index in [9.17, 15) is 14.3 Å². The number of hydrogen-bond donors (Lipinski definition) is 2. The molecule has 5 nitrogen and oxygen atoms in total. The smallest absolute Gasteiger partial charge is 0.227 e. The number of aliphatic hydroxyl groups is 2. The molecule has 2 atom stereocenters. The zero-order valence-electron chi connectivity index (χ0n) is 13.5. The van der Waals surface area contributed by atoms with E-state index in [1.54, 1.807) is 17.0 Å². The minimum atomic E-state index is -0.339. The van der Waals surface area contributed by atoms with Gasteiger partial charge in [-0.05, 0) is 30.7 Å². The van der Waals surface area contributed by atoms with Gasteiger partial charge in [0.1, 0.15) is 5.82 Å². The number of benzene rings is 1. The van der Waals surface area contributed by atoms with Crippen LogP contribution in [0.3, 0.4) is 0 Å². The lowest BCUT2D eigenvalue weighted by Gasteiger charge is -2.23.